The molecule has 0 radical (unpaired) electrons. The lowest BCUT2D eigenvalue weighted by atomic mass is 9.82. The van der Waals surface area contributed by atoms with E-state index in [-0.39, 0.29) is 27.1 Å². The van der Waals surface area contributed by atoms with Gasteiger partial charge in [0, 0.05) is 7.05 Å². The Hall–Kier alpha value is -2.40. The average molecular weight is 453 g/mol. The van der Waals surface area contributed by atoms with Crippen LogP contribution in [0.5, 0.6) is 0 Å². The van der Waals surface area contributed by atoms with E-state index in [1.165, 1.54) is 37.4 Å². The summed E-state index contributed by atoms with van der Waals surface area (Å²) >= 11 is 0. The minimum absolute atomic E-state index is 0.117. The molecule has 0 aliphatic rings. The van der Waals surface area contributed by atoms with Crippen LogP contribution in [0.2, 0.25) is 0 Å². The number of nitrogens with zero attached hydrogens (tertiary/aromatic N) is 2. The molecule has 0 unspecified atom stereocenters. The maximum absolute atomic E-state index is 11.9. The van der Waals surface area contributed by atoms with Gasteiger partial charge in [-0.1, -0.05) is 51.1 Å². The topological polar surface area (TPSA) is 133 Å². The van der Waals surface area contributed by atoms with Crippen molar-refractivity contribution in [2.24, 2.45) is 10.2 Å². The molecule has 0 bridgehead atoms. The van der Waals surface area contributed by atoms with Crippen molar-refractivity contribution in [3.8, 4) is 0 Å². The molecular weight excluding hydrogens is 428 g/mol. The number of benzene rings is 2. The van der Waals surface area contributed by atoms with E-state index in [9.17, 15) is 25.9 Å². The highest BCUT2D eigenvalue weighted by atomic mass is 32.2. The molecule has 2 aromatic rings. The summed E-state index contributed by atoms with van der Waals surface area (Å²) in [6.45, 7) is 5.89. The molecule has 0 aliphatic carbocycles. The van der Waals surface area contributed by atoms with Gasteiger partial charge in [-0.2, -0.15) is 27.1 Å². The van der Waals surface area contributed by atoms with E-state index >= 15 is 0 Å². The average Bonchev–Trinajstić information content (AvgIpc) is 2.65. The summed E-state index contributed by atoms with van der Waals surface area (Å²) in [5, 5.41) is 7.30. The molecule has 0 aromatic heterocycles. The highest BCUT2D eigenvalue weighted by molar-refractivity contribution is 7.86. The predicted molar refractivity (Wildman–Crippen MR) is 115 cm³/mol. The molecule has 2 rings (SSSR count). The Bertz CT molecular complexity index is 1210. The molecule has 2 N–H and O–H groups in total. The number of azo groups is 1. The molecule has 0 fully saturated rings. The predicted octanol–water partition coefficient (Wildman–Crippen LogP) is 4.75. The molecule has 0 saturated carbocycles. The fourth-order valence-electron chi connectivity index (χ4n) is 2.76. The van der Waals surface area contributed by atoms with Crippen molar-refractivity contribution in [2.45, 2.75) is 42.4 Å². The minimum atomic E-state index is -4.57. The first-order chi connectivity index (χ1) is 13.8. The summed E-state index contributed by atoms with van der Waals surface area (Å²) in [7, 11) is -7.68. The van der Waals surface area contributed by atoms with Gasteiger partial charge in [-0.25, -0.2) is 0 Å². The molecule has 8 nitrogen and oxygen atoms in total. The van der Waals surface area contributed by atoms with Crippen LogP contribution < -0.4 is 0 Å². The van der Waals surface area contributed by atoms with Crippen LogP contribution in [0.15, 0.2) is 56.4 Å². The first kappa shape index (κ1) is 23.9. The van der Waals surface area contributed by atoms with E-state index in [4.69, 9.17) is 0 Å². The second-order valence-corrected chi connectivity index (χ2v) is 10.1. The van der Waals surface area contributed by atoms with Crippen molar-refractivity contribution in [3.63, 3.8) is 0 Å². The zero-order chi connectivity index (χ0) is 22.7. The Morgan fingerprint density at radius 1 is 0.900 bits per heavy atom. The highest BCUT2D eigenvalue weighted by Gasteiger charge is 2.23. The van der Waals surface area contributed by atoms with Crippen LogP contribution in [-0.4, -0.2) is 33.0 Å². The van der Waals surface area contributed by atoms with Gasteiger partial charge in [0.15, 0.2) is 0 Å². The quantitative estimate of drug-likeness (QED) is 0.354. The highest BCUT2D eigenvalue weighted by Crippen LogP contribution is 2.31. The molecule has 0 saturated heterocycles. The summed E-state index contributed by atoms with van der Waals surface area (Å²) in [6, 6.07) is 8.76. The zero-order valence-electron chi connectivity index (χ0n) is 17.1. The summed E-state index contributed by atoms with van der Waals surface area (Å²) in [6.07, 6.45) is 3.45. The molecule has 0 atom stereocenters. The molecule has 2 aromatic carbocycles. The maximum atomic E-state index is 11.9. The van der Waals surface area contributed by atoms with Crippen LogP contribution in [0.3, 0.4) is 0 Å². The second-order valence-electron chi connectivity index (χ2n) is 7.30. The Morgan fingerprint density at radius 3 is 1.87 bits per heavy atom. The molecule has 30 heavy (non-hydrogen) atoms. The first-order valence-electron chi connectivity index (χ1n) is 9.01. The van der Waals surface area contributed by atoms with Crippen LogP contribution in [0, 0.1) is 0 Å². The first-order valence-corrected chi connectivity index (χ1v) is 11.9. The minimum Gasteiger partial charge on any atom is -0.282 e. The number of hydrogen-bond donors (Lipinski definition) is 2. The summed E-state index contributed by atoms with van der Waals surface area (Å²) in [5.74, 6) is 0. The van der Waals surface area contributed by atoms with E-state index in [2.05, 4.69) is 10.2 Å². The smallest absolute Gasteiger partial charge is 0.282 e. The van der Waals surface area contributed by atoms with Gasteiger partial charge in [0.1, 0.15) is 9.79 Å². The van der Waals surface area contributed by atoms with Gasteiger partial charge < -0.3 is 0 Å². The second kappa shape index (κ2) is 8.76. The van der Waals surface area contributed by atoms with E-state index in [1.807, 2.05) is 20.8 Å². The standard InChI is InChI=1S/C20H24N2O6S2/c1-5-20(2,3)16-10-8-14(18(12-16)29(23,24)25)6-7-15-9-11-17(22-21-4)13-19(15)30(26,27)28/h6-13H,5H2,1-4H3,(H,23,24,25)(H,26,27,28). The van der Waals surface area contributed by atoms with Gasteiger partial charge in [-0.15, -0.1) is 0 Å². The SMILES string of the molecule is CCC(C)(C)c1ccc(C=Cc2ccc(N=NC)cc2S(=O)(=O)O)c(S(=O)(=O)O)c1. The molecule has 0 spiro atoms. The van der Waals surface area contributed by atoms with Gasteiger partial charge in [0.05, 0.1) is 5.69 Å². The van der Waals surface area contributed by atoms with Crippen molar-refractivity contribution in [1.29, 1.82) is 0 Å². The van der Waals surface area contributed by atoms with E-state index < -0.39 is 25.1 Å². The zero-order valence-corrected chi connectivity index (χ0v) is 18.7. The fraction of sp³-hybridized carbons (Fsp3) is 0.300. The van der Waals surface area contributed by atoms with Crippen molar-refractivity contribution in [1.82, 2.24) is 0 Å². The molecule has 0 aliphatic heterocycles. The van der Waals surface area contributed by atoms with E-state index in [0.29, 0.717) is 0 Å². The lowest BCUT2D eigenvalue weighted by Crippen LogP contribution is -2.16. The molecule has 0 amide bonds. The third-order valence-electron chi connectivity index (χ3n) is 4.89. The largest absolute Gasteiger partial charge is 0.295 e. The van der Waals surface area contributed by atoms with Crippen molar-refractivity contribution in [2.75, 3.05) is 7.05 Å². The molecule has 162 valence electrons. The third-order valence-corrected chi connectivity index (χ3v) is 6.71. The van der Waals surface area contributed by atoms with Crippen molar-refractivity contribution >= 4 is 38.1 Å². The Balaban J connectivity index is 2.63. The molecular formula is C20H24N2O6S2. The number of hydrogen-bond acceptors (Lipinski definition) is 6. The summed E-state index contributed by atoms with van der Waals surface area (Å²) in [4.78, 5) is -0.691. The van der Waals surface area contributed by atoms with Gasteiger partial charge in [0.25, 0.3) is 20.2 Å². The van der Waals surface area contributed by atoms with E-state index in [1.54, 1.807) is 12.1 Å². The van der Waals surface area contributed by atoms with Crippen molar-refractivity contribution < 1.29 is 25.9 Å². The Labute approximate surface area is 176 Å². The number of rotatable bonds is 7. The fourth-order valence-corrected chi connectivity index (χ4v) is 4.18. The Kier molecular flexibility index (Phi) is 6.97. The lowest BCUT2D eigenvalue weighted by Gasteiger charge is -2.24. The van der Waals surface area contributed by atoms with Gasteiger partial charge in [-0.3, -0.25) is 9.11 Å². The van der Waals surface area contributed by atoms with E-state index in [0.717, 1.165) is 18.1 Å². The van der Waals surface area contributed by atoms with Crippen LogP contribution in [0.25, 0.3) is 12.2 Å². The molecule has 0 heterocycles. The third kappa shape index (κ3) is 5.60. The van der Waals surface area contributed by atoms with Crippen molar-refractivity contribution in [3.05, 3.63) is 53.1 Å². The Morgan fingerprint density at radius 2 is 1.40 bits per heavy atom. The van der Waals surface area contributed by atoms with Gasteiger partial charge >= 0.3 is 0 Å². The lowest BCUT2D eigenvalue weighted by molar-refractivity contribution is 0.479. The van der Waals surface area contributed by atoms with Crippen LogP contribution in [-0.2, 0) is 25.7 Å². The van der Waals surface area contributed by atoms with Crippen LogP contribution in [0.1, 0.15) is 43.9 Å². The maximum Gasteiger partial charge on any atom is 0.295 e. The van der Waals surface area contributed by atoms with Gasteiger partial charge in [-0.05, 0) is 46.7 Å². The van der Waals surface area contributed by atoms with Gasteiger partial charge in [0.2, 0.25) is 0 Å². The van der Waals surface area contributed by atoms with Crippen LogP contribution in [0.4, 0.5) is 5.69 Å². The normalized spacial score (nSPS) is 13.4. The molecule has 10 heteroatoms. The summed E-state index contributed by atoms with van der Waals surface area (Å²) in [5.41, 5.74) is 0.956. The van der Waals surface area contributed by atoms with Crippen LogP contribution >= 0.6 is 0 Å². The monoisotopic (exact) mass is 452 g/mol. The summed E-state index contributed by atoms with van der Waals surface area (Å²) < 4.78 is 66.6.